The van der Waals surface area contributed by atoms with Gasteiger partial charge in [-0.3, -0.25) is 4.79 Å². The number of benzene rings is 2. The van der Waals surface area contributed by atoms with Crippen molar-refractivity contribution in [3.05, 3.63) is 82.4 Å². The van der Waals surface area contributed by atoms with Crippen LogP contribution in [0.5, 0.6) is 0 Å². The molecular weight excluding hydrogens is 428 g/mol. The Labute approximate surface area is 190 Å². The molecule has 7 heteroatoms. The molecule has 0 fully saturated rings. The van der Waals surface area contributed by atoms with Gasteiger partial charge < -0.3 is 10.2 Å². The molecule has 1 N–H and O–H groups in total. The number of amides is 1. The zero-order chi connectivity index (χ0) is 22.7. The van der Waals surface area contributed by atoms with Crippen molar-refractivity contribution >= 4 is 33.6 Å². The molecule has 0 saturated carbocycles. The van der Waals surface area contributed by atoms with E-state index in [1.165, 1.54) is 11.1 Å². The molecule has 0 aliphatic carbocycles. The van der Waals surface area contributed by atoms with Crippen LogP contribution in [-0.2, 0) is 0 Å². The number of carbonyl (C=O) groups is 1. The third-order valence-corrected chi connectivity index (χ3v) is 6.30. The van der Waals surface area contributed by atoms with Crippen molar-refractivity contribution in [2.45, 2.75) is 26.7 Å². The van der Waals surface area contributed by atoms with Crippen LogP contribution in [0.1, 0.15) is 42.6 Å². The Kier molecular flexibility index (Phi) is 6.65. The van der Waals surface area contributed by atoms with Crippen molar-refractivity contribution < 1.29 is 13.6 Å². The zero-order valence-corrected chi connectivity index (χ0v) is 18.9. The molecule has 3 aromatic rings. The normalized spacial score (nSPS) is 14.2. The largest absolute Gasteiger partial charge is 0.343 e. The van der Waals surface area contributed by atoms with E-state index in [1.807, 2.05) is 35.8 Å². The van der Waals surface area contributed by atoms with Gasteiger partial charge in [0.1, 0.15) is 11.6 Å². The second-order valence-corrected chi connectivity index (χ2v) is 9.19. The summed E-state index contributed by atoms with van der Waals surface area (Å²) >= 11 is 1.64. The van der Waals surface area contributed by atoms with Gasteiger partial charge in [-0.05, 0) is 54.2 Å². The summed E-state index contributed by atoms with van der Waals surface area (Å²) in [6, 6.07) is 10.5. The number of nitrogens with zero attached hydrogens (tertiary/aromatic N) is 2. The molecular formula is C25H25F2N3OS. The second-order valence-electron chi connectivity index (χ2n) is 8.32. The SMILES string of the molecule is CC(C)CC1=C(c2ccc(NC(=O)c3ccc(F)cc3F)cc2)CN(c2nccs2)CC1. The minimum atomic E-state index is -0.882. The van der Waals surface area contributed by atoms with Crippen molar-refractivity contribution in [3.8, 4) is 0 Å². The molecule has 32 heavy (non-hydrogen) atoms. The highest BCUT2D eigenvalue weighted by atomic mass is 32.1. The summed E-state index contributed by atoms with van der Waals surface area (Å²) in [5, 5.41) is 5.70. The van der Waals surface area contributed by atoms with Crippen LogP contribution in [-0.4, -0.2) is 24.0 Å². The molecule has 0 radical (unpaired) electrons. The molecule has 2 aromatic carbocycles. The van der Waals surface area contributed by atoms with E-state index in [1.54, 1.807) is 11.3 Å². The van der Waals surface area contributed by atoms with Gasteiger partial charge in [0, 0.05) is 36.4 Å². The predicted octanol–water partition coefficient (Wildman–Crippen LogP) is 6.38. The molecule has 0 bridgehead atoms. The molecule has 1 aromatic heterocycles. The molecule has 4 rings (SSSR count). The summed E-state index contributed by atoms with van der Waals surface area (Å²) in [6.07, 6.45) is 3.87. The maximum absolute atomic E-state index is 13.9. The van der Waals surface area contributed by atoms with Crippen LogP contribution in [0.3, 0.4) is 0 Å². The van der Waals surface area contributed by atoms with Crippen molar-refractivity contribution in [2.75, 3.05) is 23.3 Å². The van der Waals surface area contributed by atoms with Gasteiger partial charge in [-0.15, -0.1) is 11.3 Å². The van der Waals surface area contributed by atoms with Crippen molar-refractivity contribution in [1.29, 1.82) is 0 Å². The number of hydrogen-bond donors (Lipinski definition) is 1. The number of anilines is 2. The maximum atomic E-state index is 13.9. The highest BCUT2D eigenvalue weighted by molar-refractivity contribution is 7.13. The molecule has 0 atom stereocenters. The van der Waals surface area contributed by atoms with Crippen LogP contribution < -0.4 is 10.2 Å². The molecule has 0 spiro atoms. The lowest BCUT2D eigenvalue weighted by molar-refractivity contribution is 0.102. The Hall–Kier alpha value is -3.06. The fraction of sp³-hybridized carbons (Fsp3) is 0.280. The third-order valence-electron chi connectivity index (χ3n) is 5.47. The van der Waals surface area contributed by atoms with Crippen LogP contribution >= 0.6 is 11.3 Å². The Bertz CT molecular complexity index is 1120. The number of aromatic nitrogens is 1. The van der Waals surface area contributed by atoms with Gasteiger partial charge in [0.2, 0.25) is 0 Å². The molecule has 1 aliphatic heterocycles. The van der Waals surface area contributed by atoms with E-state index >= 15 is 0 Å². The topological polar surface area (TPSA) is 45.2 Å². The first-order valence-electron chi connectivity index (χ1n) is 10.6. The minimum absolute atomic E-state index is 0.191. The van der Waals surface area contributed by atoms with Crippen LogP contribution in [0.2, 0.25) is 0 Å². The first-order valence-corrected chi connectivity index (χ1v) is 11.5. The predicted molar refractivity (Wildman–Crippen MR) is 126 cm³/mol. The molecule has 0 unspecified atom stereocenters. The maximum Gasteiger partial charge on any atom is 0.258 e. The third kappa shape index (κ3) is 5.05. The smallest absolute Gasteiger partial charge is 0.258 e. The lowest BCUT2D eigenvalue weighted by atomic mass is 9.89. The van der Waals surface area contributed by atoms with E-state index in [0.717, 1.165) is 48.8 Å². The van der Waals surface area contributed by atoms with Gasteiger partial charge in [0.25, 0.3) is 5.91 Å². The standard InChI is InChI=1S/C25H25F2N3OS/c1-16(2)13-18-9-11-30(25-28-10-12-32-25)15-22(18)17-3-6-20(7-4-17)29-24(31)21-8-5-19(26)14-23(21)27/h3-8,10,12,14,16H,9,11,13,15H2,1-2H3,(H,29,31). The number of rotatable bonds is 6. The summed E-state index contributed by atoms with van der Waals surface area (Å²) in [7, 11) is 0. The Balaban J connectivity index is 1.55. The van der Waals surface area contributed by atoms with E-state index in [-0.39, 0.29) is 5.56 Å². The molecule has 1 aliphatic rings. The van der Waals surface area contributed by atoms with E-state index in [0.29, 0.717) is 17.7 Å². The summed E-state index contributed by atoms with van der Waals surface area (Å²) < 4.78 is 27.0. The van der Waals surface area contributed by atoms with Crippen LogP contribution in [0.25, 0.3) is 5.57 Å². The van der Waals surface area contributed by atoms with E-state index in [4.69, 9.17) is 0 Å². The zero-order valence-electron chi connectivity index (χ0n) is 18.1. The van der Waals surface area contributed by atoms with Gasteiger partial charge in [-0.25, -0.2) is 13.8 Å². The Morgan fingerprint density at radius 2 is 1.97 bits per heavy atom. The quantitative estimate of drug-likeness (QED) is 0.471. The highest BCUT2D eigenvalue weighted by Crippen LogP contribution is 2.34. The highest BCUT2D eigenvalue weighted by Gasteiger charge is 2.22. The van der Waals surface area contributed by atoms with Crippen LogP contribution in [0.15, 0.2) is 59.6 Å². The molecule has 1 amide bonds. The van der Waals surface area contributed by atoms with Crippen LogP contribution in [0.4, 0.5) is 19.6 Å². The monoisotopic (exact) mass is 453 g/mol. The molecule has 0 saturated heterocycles. The fourth-order valence-corrected chi connectivity index (χ4v) is 4.65. The molecule has 166 valence electrons. The summed E-state index contributed by atoms with van der Waals surface area (Å²) in [6.45, 7) is 6.20. The van der Waals surface area contributed by atoms with Crippen molar-refractivity contribution in [3.63, 3.8) is 0 Å². The fourth-order valence-electron chi connectivity index (χ4n) is 3.98. The number of nitrogens with one attached hydrogen (secondary N) is 1. The molecule has 2 heterocycles. The summed E-state index contributed by atoms with van der Waals surface area (Å²) in [4.78, 5) is 19.1. The van der Waals surface area contributed by atoms with Crippen molar-refractivity contribution in [1.82, 2.24) is 4.98 Å². The number of carbonyl (C=O) groups excluding carboxylic acids is 1. The van der Waals surface area contributed by atoms with Gasteiger partial charge in [0.05, 0.1) is 5.56 Å². The van der Waals surface area contributed by atoms with Gasteiger partial charge in [-0.1, -0.05) is 31.6 Å². The number of halogens is 2. The molecule has 4 nitrogen and oxygen atoms in total. The summed E-state index contributed by atoms with van der Waals surface area (Å²) in [5.41, 5.74) is 4.22. The lowest BCUT2D eigenvalue weighted by Crippen LogP contribution is -2.31. The van der Waals surface area contributed by atoms with Gasteiger partial charge >= 0.3 is 0 Å². The average molecular weight is 454 g/mol. The van der Waals surface area contributed by atoms with Gasteiger partial charge in [0.15, 0.2) is 5.13 Å². The van der Waals surface area contributed by atoms with Crippen LogP contribution in [0, 0.1) is 17.6 Å². The Morgan fingerprint density at radius 3 is 2.62 bits per heavy atom. The average Bonchev–Trinajstić information content (AvgIpc) is 3.29. The lowest BCUT2D eigenvalue weighted by Gasteiger charge is -2.32. The summed E-state index contributed by atoms with van der Waals surface area (Å²) in [5.74, 6) is -1.64. The van der Waals surface area contributed by atoms with Crippen molar-refractivity contribution in [2.24, 2.45) is 5.92 Å². The van der Waals surface area contributed by atoms with Gasteiger partial charge in [-0.2, -0.15) is 0 Å². The first kappa shape index (κ1) is 22.1. The van der Waals surface area contributed by atoms with E-state index in [2.05, 4.69) is 29.0 Å². The van der Waals surface area contributed by atoms with E-state index in [9.17, 15) is 13.6 Å². The first-order chi connectivity index (χ1) is 15.4. The number of hydrogen-bond acceptors (Lipinski definition) is 4. The Morgan fingerprint density at radius 1 is 1.19 bits per heavy atom. The number of thiazole rings is 1. The minimum Gasteiger partial charge on any atom is -0.343 e. The second kappa shape index (κ2) is 9.61. The van der Waals surface area contributed by atoms with E-state index < -0.39 is 17.5 Å².